The average molecular weight is 334 g/mol. The number of hydrogen-bond donors (Lipinski definition) is 1. The highest BCUT2D eigenvalue weighted by Gasteiger charge is 2.49. The summed E-state index contributed by atoms with van der Waals surface area (Å²) in [5.41, 5.74) is 1.22. The Labute approximate surface area is 138 Å². The van der Waals surface area contributed by atoms with Crippen molar-refractivity contribution < 1.29 is 14.6 Å². The van der Waals surface area contributed by atoms with E-state index in [4.69, 9.17) is 21.4 Å². The highest BCUT2D eigenvalue weighted by atomic mass is 35.5. The summed E-state index contributed by atoms with van der Waals surface area (Å²) in [6, 6.07) is 5.49. The molecule has 2 heterocycles. The second kappa shape index (κ2) is 6.04. The molecule has 23 heavy (non-hydrogen) atoms. The van der Waals surface area contributed by atoms with Crippen molar-refractivity contribution in [3.63, 3.8) is 0 Å². The molecule has 0 bridgehead atoms. The molecule has 0 unspecified atom stereocenters. The molecule has 2 aromatic rings. The number of carbonyl (C=O) groups is 1. The molecule has 2 aromatic heterocycles. The quantitative estimate of drug-likeness (QED) is 0.849. The molecule has 1 amide bonds. The first-order chi connectivity index (χ1) is 11.0. The van der Waals surface area contributed by atoms with Gasteiger partial charge in [0.1, 0.15) is 17.5 Å². The molecule has 3 rings (SSSR count). The number of rotatable bonds is 5. The molecule has 1 fully saturated rings. The maximum Gasteiger partial charge on any atom is 0.407 e. The summed E-state index contributed by atoms with van der Waals surface area (Å²) in [7, 11) is 1.57. The van der Waals surface area contributed by atoms with Crippen LogP contribution in [-0.2, 0) is 0 Å². The second-order valence-electron chi connectivity index (χ2n) is 5.60. The summed E-state index contributed by atoms with van der Waals surface area (Å²) in [6.07, 6.45) is 5.56. The van der Waals surface area contributed by atoms with Gasteiger partial charge in [0, 0.05) is 25.0 Å². The molecule has 0 aliphatic heterocycles. The van der Waals surface area contributed by atoms with Crippen LogP contribution in [0.3, 0.4) is 0 Å². The summed E-state index contributed by atoms with van der Waals surface area (Å²) >= 11 is 6.15. The van der Waals surface area contributed by atoms with Crippen molar-refractivity contribution in [1.82, 2.24) is 14.9 Å². The Bertz CT molecular complexity index is 720. The third-order valence-corrected chi connectivity index (χ3v) is 4.44. The lowest BCUT2D eigenvalue weighted by Crippen LogP contribution is -2.42. The highest BCUT2D eigenvalue weighted by Crippen LogP contribution is 2.41. The molecule has 0 radical (unpaired) electrons. The smallest absolute Gasteiger partial charge is 0.407 e. The molecule has 0 spiro atoms. The van der Waals surface area contributed by atoms with Crippen molar-refractivity contribution in [3.8, 4) is 16.9 Å². The summed E-state index contributed by atoms with van der Waals surface area (Å²) < 4.78 is 5.78. The minimum atomic E-state index is -0.946. The molecular formula is C16H16ClN3O3. The van der Waals surface area contributed by atoms with Crippen LogP contribution in [-0.4, -0.2) is 45.3 Å². The minimum Gasteiger partial charge on any atom is -0.489 e. The van der Waals surface area contributed by atoms with E-state index in [2.05, 4.69) is 9.97 Å². The monoisotopic (exact) mass is 333 g/mol. The SMILES string of the molecule is CN(C(=O)O)C1(COc2cnc(Cl)c(-c3ccncc3)c2)CC1. The molecule has 1 aliphatic carbocycles. The maximum atomic E-state index is 11.1. The Morgan fingerprint density at radius 2 is 2.13 bits per heavy atom. The number of pyridine rings is 2. The molecule has 120 valence electrons. The molecule has 1 aliphatic rings. The van der Waals surface area contributed by atoms with Gasteiger partial charge in [-0.05, 0) is 36.6 Å². The number of nitrogens with zero attached hydrogens (tertiary/aromatic N) is 3. The zero-order valence-corrected chi connectivity index (χ0v) is 13.3. The number of halogens is 1. The average Bonchev–Trinajstić information content (AvgIpc) is 3.35. The Kier molecular flexibility index (Phi) is 4.09. The van der Waals surface area contributed by atoms with E-state index in [1.165, 1.54) is 4.90 Å². The van der Waals surface area contributed by atoms with Crippen LogP contribution in [0.5, 0.6) is 5.75 Å². The summed E-state index contributed by atoms with van der Waals surface area (Å²) in [5.74, 6) is 0.561. The van der Waals surface area contributed by atoms with Gasteiger partial charge in [-0.2, -0.15) is 0 Å². The number of likely N-dealkylation sites (N-methyl/N-ethyl adjacent to an activating group) is 1. The minimum absolute atomic E-state index is 0.300. The molecule has 7 heteroatoms. The van der Waals surface area contributed by atoms with E-state index >= 15 is 0 Å². The van der Waals surface area contributed by atoms with Gasteiger partial charge in [-0.25, -0.2) is 9.78 Å². The number of hydrogen-bond acceptors (Lipinski definition) is 4. The van der Waals surface area contributed by atoms with Crippen LogP contribution in [0.4, 0.5) is 4.79 Å². The lowest BCUT2D eigenvalue weighted by Gasteiger charge is -2.25. The Morgan fingerprint density at radius 3 is 2.74 bits per heavy atom. The predicted octanol–water partition coefficient (Wildman–Crippen LogP) is 3.32. The highest BCUT2D eigenvalue weighted by molar-refractivity contribution is 6.32. The summed E-state index contributed by atoms with van der Waals surface area (Å²) in [4.78, 5) is 20.6. The van der Waals surface area contributed by atoms with Crippen molar-refractivity contribution in [1.29, 1.82) is 0 Å². The molecule has 0 atom stereocenters. The van der Waals surface area contributed by atoms with Gasteiger partial charge in [0.25, 0.3) is 0 Å². The van der Waals surface area contributed by atoms with Gasteiger partial charge in [0.05, 0.1) is 11.7 Å². The first kappa shape index (κ1) is 15.6. The van der Waals surface area contributed by atoms with Gasteiger partial charge >= 0.3 is 6.09 Å². The standard InChI is InChI=1S/C16H16ClN3O3/c1-20(15(21)22)16(4-5-16)10-23-12-8-13(14(17)19-9-12)11-2-6-18-7-3-11/h2-3,6-9H,4-5,10H2,1H3,(H,21,22). The van der Waals surface area contributed by atoms with E-state index in [-0.39, 0.29) is 0 Å². The number of amides is 1. The fourth-order valence-electron chi connectivity index (χ4n) is 2.38. The molecule has 6 nitrogen and oxygen atoms in total. The van der Waals surface area contributed by atoms with Crippen LogP contribution in [0.25, 0.3) is 11.1 Å². The molecule has 0 saturated heterocycles. The number of ether oxygens (including phenoxy) is 1. The van der Waals surface area contributed by atoms with E-state index in [1.807, 2.05) is 18.2 Å². The van der Waals surface area contributed by atoms with E-state index in [0.29, 0.717) is 17.5 Å². The van der Waals surface area contributed by atoms with E-state index in [0.717, 1.165) is 24.0 Å². The Morgan fingerprint density at radius 1 is 1.43 bits per heavy atom. The van der Waals surface area contributed by atoms with Gasteiger partial charge in [0.2, 0.25) is 0 Å². The first-order valence-electron chi connectivity index (χ1n) is 7.17. The van der Waals surface area contributed by atoms with Crippen LogP contribution in [0, 0.1) is 0 Å². The van der Waals surface area contributed by atoms with Gasteiger partial charge in [0.15, 0.2) is 0 Å². The Balaban J connectivity index is 1.76. The number of aromatic nitrogens is 2. The zero-order valence-electron chi connectivity index (χ0n) is 12.6. The second-order valence-corrected chi connectivity index (χ2v) is 5.96. The summed E-state index contributed by atoms with van der Waals surface area (Å²) in [6.45, 7) is 0.300. The van der Waals surface area contributed by atoms with Gasteiger partial charge in [-0.3, -0.25) is 4.98 Å². The van der Waals surface area contributed by atoms with E-state index < -0.39 is 11.6 Å². The topological polar surface area (TPSA) is 75.6 Å². The molecular weight excluding hydrogens is 318 g/mol. The van der Waals surface area contributed by atoms with Crippen LogP contribution in [0.1, 0.15) is 12.8 Å². The third-order valence-electron chi connectivity index (χ3n) is 4.14. The summed E-state index contributed by atoms with van der Waals surface area (Å²) in [5, 5.41) is 9.50. The zero-order chi connectivity index (χ0) is 16.4. The maximum absolute atomic E-state index is 11.1. The normalized spacial score (nSPS) is 15.0. The van der Waals surface area contributed by atoms with Crippen LogP contribution in [0.15, 0.2) is 36.8 Å². The molecule has 1 N–H and O–H groups in total. The predicted molar refractivity (Wildman–Crippen MR) is 85.7 cm³/mol. The van der Waals surface area contributed by atoms with Crippen molar-refractivity contribution in [2.24, 2.45) is 0 Å². The van der Waals surface area contributed by atoms with Gasteiger partial charge in [-0.1, -0.05) is 11.6 Å². The lowest BCUT2D eigenvalue weighted by atomic mass is 10.1. The van der Waals surface area contributed by atoms with Crippen LogP contribution in [0.2, 0.25) is 5.15 Å². The van der Waals surface area contributed by atoms with E-state index in [1.54, 1.807) is 25.6 Å². The Hall–Kier alpha value is -2.34. The lowest BCUT2D eigenvalue weighted by molar-refractivity contribution is 0.109. The van der Waals surface area contributed by atoms with Crippen molar-refractivity contribution >= 4 is 17.7 Å². The molecule has 1 saturated carbocycles. The van der Waals surface area contributed by atoms with E-state index in [9.17, 15) is 4.79 Å². The largest absolute Gasteiger partial charge is 0.489 e. The van der Waals surface area contributed by atoms with Crippen molar-refractivity contribution in [2.75, 3.05) is 13.7 Å². The molecule has 0 aromatic carbocycles. The first-order valence-corrected chi connectivity index (χ1v) is 7.55. The third kappa shape index (κ3) is 3.22. The van der Waals surface area contributed by atoms with Gasteiger partial charge in [-0.15, -0.1) is 0 Å². The van der Waals surface area contributed by atoms with Gasteiger partial charge < -0.3 is 14.7 Å². The fourth-order valence-corrected chi connectivity index (χ4v) is 2.60. The van der Waals surface area contributed by atoms with Crippen LogP contribution >= 0.6 is 11.6 Å². The fraction of sp³-hybridized carbons (Fsp3) is 0.312. The van der Waals surface area contributed by atoms with Crippen molar-refractivity contribution in [3.05, 3.63) is 41.9 Å². The van der Waals surface area contributed by atoms with Crippen LogP contribution < -0.4 is 4.74 Å². The number of carboxylic acid groups (broad SMARTS) is 1. The van der Waals surface area contributed by atoms with Crippen molar-refractivity contribution in [2.45, 2.75) is 18.4 Å².